The maximum atomic E-state index is 12.9. The molecule has 0 aromatic heterocycles. The van der Waals surface area contributed by atoms with Crippen LogP contribution >= 0.6 is 0 Å². The molecule has 5 rings (SSSR count). The van der Waals surface area contributed by atoms with Gasteiger partial charge in [-0.05, 0) is 99.6 Å². The molecule has 5 fully saturated rings. The summed E-state index contributed by atoms with van der Waals surface area (Å²) in [5.74, 6) is 1.89. The number of ketones is 1. The molecule has 5 saturated carbocycles. The zero-order valence-electron chi connectivity index (χ0n) is 18.0. The third kappa shape index (κ3) is 1.81. The van der Waals surface area contributed by atoms with Crippen molar-refractivity contribution in [1.82, 2.24) is 4.90 Å². The van der Waals surface area contributed by atoms with E-state index in [2.05, 4.69) is 52.4 Å². The fourth-order valence-corrected chi connectivity index (χ4v) is 9.36. The molecule has 0 N–H and O–H groups in total. The number of hydrogen-bond donors (Lipinski definition) is 0. The highest BCUT2D eigenvalue weighted by Crippen LogP contribution is 2.87. The molecular formula is C25H37NO. The Morgan fingerprint density at radius 1 is 1.07 bits per heavy atom. The quantitative estimate of drug-likeness (QED) is 0.457. The van der Waals surface area contributed by atoms with E-state index in [4.69, 9.17) is 0 Å². The van der Waals surface area contributed by atoms with Crippen molar-refractivity contribution in [1.29, 1.82) is 0 Å². The first-order valence-electron chi connectivity index (χ1n) is 11.2. The van der Waals surface area contributed by atoms with Crippen molar-refractivity contribution in [3.05, 3.63) is 23.8 Å². The van der Waals surface area contributed by atoms with Gasteiger partial charge in [-0.2, -0.15) is 0 Å². The van der Waals surface area contributed by atoms with E-state index in [0.29, 0.717) is 22.7 Å². The van der Waals surface area contributed by atoms with Crippen molar-refractivity contribution < 1.29 is 4.79 Å². The largest absolute Gasteiger partial charge is 0.303 e. The van der Waals surface area contributed by atoms with Crippen LogP contribution in [0.25, 0.3) is 0 Å². The average molecular weight is 368 g/mol. The molecule has 148 valence electrons. The molecule has 0 aromatic rings. The summed E-state index contributed by atoms with van der Waals surface area (Å²) in [6.45, 7) is 11.6. The summed E-state index contributed by atoms with van der Waals surface area (Å²) in [6, 6.07) is 0.571. The standard InChI is InChI=1S/C25H37NO/c1-7-17-20(27)14-23(4)21-9-8-18-16(2)19(26(5)6)10-11-24(18)15-25(21,24)13-12-22(17,23)3/h7,18-19,21H,2,8-15H2,1,3-6H3. The summed E-state index contributed by atoms with van der Waals surface area (Å²) >= 11 is 0. The average Bonchev–Trinajstić information content (AvgIpc) is 3.20. The number of fused-ring (bicyclic) bond motifs is 2. The summed E-state index contributed by atoms with van der Waals surface area (Å²) < 4.78 is 0. The second-order valence-corrected chi connectivity index (χ2v) is 11.3. The van der Waals surface area contributed by atoms with E-state index in [1.165, 1.54) is 50.5 Å². The Morgan fingerprint density at radius 3 is 2.48 bits per heavy atom. The van der Waals surface area contributed by atoms with Crippen LogP contribution in [0.4, 0.5) is 0 Å². The number of nitrogens with zero attached hydrogens (tertiary/aromatic N) is 1. The fraction of sp³-hybridized carbons (Fsp3) is 0.800. The van der Waals surface area contributed by atoms with Crippen LogP contribution in [-0.2, 0) is 4.79 Å². The monoisotopic (exact) mass is 367 g/mol. The first kappa shape index (κ1) is 18.2. The molecule has 2 heteroatoms. The van der Waals surface area contributed by atoms with Crippen LogP contribution in [0.3, 0.4) is 0 Å². The topological polar surface area (TPSA) is 20.3 Å². The van der Waals surface area contributed by atoms with E-state index in [9.17, 15) is 4.79 Å². The molecule has 0 bridgehead atoms. The van der Waals surface area contributed by atoms with Crippen LogP contribution in [0.5, 0.6) is 0 Å². The molecule has 5 aliphatic carbocycles. The lowest BCUT2D eigenvalue weighted by Crippen LogP contribution is -2.54. The van der Waals surface area contributed by atoms with Gasteiger partial charge < -0.3 is 4.90 Å². The van der Waals surface area contributed by atoms with E-state index in [1.807, 2.05) is 0 Å². The van der Waals surface area contributed by atoms with Crippen molar-refractivity contribution in [2.45, 2.75) is 78.2 Å². The second-order valence-electron chi connectivity index (χ2n) is 11.3. The molecule has 0 saturated heterocycles. The lowest BCUT2D eigenvalue weighted by Gasteiger charge is -2.60. The molecule has 7 atom stereocenters. The molecule has 0 radical (unpaired) electrons. The molecule has 0 aliphatic heterocycles. The Kier molecular flexibility index (Phi) is 3.48. The van der Waals surface area contributed by atoms with Crippen LogP contribution in [0.1, 0.15) is 72.1 Å². The van der Waals surface area contributed by atoms with Crippen molar-refractivity contribution in [2.24, 2.45) is 33.5 Å². The number of Topliss-reactive ketones (excluding diaryl/α,β-unsaturated/α-hetero) is 1. The van der Waals surface area contributed by atoms with Gasteiger partial charge in [0.15, 0.2) is 5.78 Å². The van der Waals surface area contributed by atoms with Crippen LogP contribution < -0.4 is 0 Å². The minimum Gasteiger partial charge on any atom is -0.303 e. The minimum absolute atomic E-state index is 0.100. The van der Waals surface area contributed by atoms with Gasteiger partial charge in [-0.25, -0.2) is 0 Å². The lowest BCUT2D eigenvalue weighted by atomic mass is 9.44. The summed E-state index contributed by atoms with van der Waals surface area (Å²) in [5.41, 5.74) is 3.97. The van der Waals surface area contributed by atoms with E-state index in [0.717, 1.165) is 23.8 Å². The van der Waals surface area contributed by atoms with E-state index in [1.54, 1.807) is 0 Å². The maximum absolute atomic E-state index is 12.9. The lowest BCUT2D eigenvalue weighted by molar-refractivity contribution is -0.118. The Labute approximate surface area is 165 Å². The van der Waals surface area contributed by atoms with Crippen LogP contribution in [0.15, 0.2) is 23.8 Å². The molecular weight excluding hydrogens is 330 g/mol. The Morgan fingerprint density at radius 2 is 1.81 bits per heavy atom. The Bertz CT molecular complexity index is 764. The van der Waals surface area contributed by atoms with Gasteiger partial charge in [0.05, 0.1) is 0 Å². The summed E-state index contributed by atoms with van der Waals surface area (Å²) in [4.78, 5) is 15.3. The van der Waals surface area contributed by atoms with Crippen molar-refractivity contribution in [3.63, 3.8) is 0 Å². The fourth-order valence-electron chi connectivity index (χ4n) is 9.36. The van der Waals surface area contributed by atoms with Crippen LogP contribution in [-0.4, -0.2) is 30.8 Å². The number of rotatable bonds is 1. The van der Waals surface area contributed by atoms with Gasteiger partial charge in [-0.1, -0.05) is 32.1 Å². The molecule has 0 amide bonds. The van der Waals surface area contributed by atoms with Crippen molar-refractivity contribution >= 4 is 5.78 Å². The van der Waals surface area contributed by atoms with Gasteiger partial charge in [0.2, 0.25) is 0 Å². The van der Waals surface area contributed by atoms with Crippen LogP contribution in [0.2, 0.25) is 0 Å². The molecule has 2 spiro atoms. The zero-order chi connectivity index (χ0) is 19.4. The van der Waals surface area contributed by atoms with E-state index in [-0.39, 0.29) is 10.8 Å². The predicted molar refractivity (Wildman–Crippen MR) is 110 cm³/mol. The van der Waals surface area contributed by atoms with Gasteiger partial charge in [-0.3, -0.25) is 4.79 Å². The summed E-state index contributed by atoms with van der Waals surface area (Å²) in [7, 11) is 4.44. The van der Waals surface area contributed by atoms with E-state index < -0.39 is 0 Å². The smallest absolute Gasteiger partial charge is 0.159 e. The Balaban J connectivity index is 1.54. The minimum atomic E-state index is 0.100. The highest BCUT2D eigenvalue weighted by molar-refractivity contribution is 6.00. The van der Waals surface area contributed by atoms with Gasteiger partial charge in [0.25, 0.3) is 0 Å². The number of carbonyl (C=O) groups is 1. The van der Waals surface area contributed by atoms with Crippen molar-refractivity contribution in [2.75, 3.05) is 14.1 Å². The molecule has 0 aromatic carbocycles. The first-order chi connectivity index (χ1) is 12.7. The summed E-state index contributed by atoms with van der Waals surface area (Å²) in [5, 5.41) is 0. The molecule has 2 nitrogen and oxygen atoms in total. The number of hydrogen-bond acceptors (Lipinski definition) is 2. The second kappa shape index (κ2) is 5.17. The van der Waals surface area contributed by atoms with Gasteiger partial charge in [0.1, 0.15) is 0 Å². The number of allylic oxidation sites excluding steroid dienone is 2. The van der Waals surface area contributed by atoms with Gasteiger partial charge in [0, 0.05) is 17.9 Å². The first-order valence-corrected chi connectivity index (χ1v) is 11.2. The highest BCUT2D eigenvalue weighted by atomic mass is 16.1. The molecule has 5 aliphatic rings. The third-order valence-electron chi connectivity index (χ3n) is 10.8. The van der Waals surface area contributed by atoms with E-state index >= 15 is 0 Å². The van der Waals surface area contributed by atoms with Gasteiger partial charge in [-0.15, -0.1) is 0 Å². The molecule has 27 heavy (non-hydrogen) atoms. The zero-order valence-corrected chi connectivity index (χ0v) is 18.0. The van der Waals surface area contributed by atoms with Gasteiger partial charge >= 0.3 is 0 Å². The highest BCUT2D eigenvalue weighted by Gasteiger charge is 2.81. The molecule has 7 unspecified atom stereocenters. The molecule has 0 heterocycles. The number of carbonyl (C=O) groups excluding carboxylic acids is 1. The Hall–Kier alpha value is -0.890. The predicted octanol–water partition coefficient (Wildman–Crippen LogP) is 5.39. The maximum Gasteiger partial charge on any atom is 0.159 e. The normalized spacial score (nSPS) is 55.2. The summed E-state index contributed by atoms with van der Waals surface area (Å²) in [6.07, 6.45) is 12.2. The number of likely N-dealkylation sites (N-methyl/N-ethyl adjacent to an activating group) is 1. The SMILES string of the molecule is C=C1C(N(C)C)CCC23CC24CCC2(C)C(=CC)C(=O)CC2(C)C4CCC13. The van der Waals surface area contributed by atoms with Crippen molar-refractivity contribution in [3.8, 4) is 0 Å². The third-order valence-corrected chi connectivity index (χ3v) is 10.8. The van der Waals surface area contributed by atoms with Crippen LogP contribution in [0, 0.1) is 33.5 Å².